The molecule has 0 N–H and O–H groups in total. The monoisotopic (exact) mass is 668 g/mol. The fourth-order valence-corrected chi connectivity index (χ4v) is 4.79. The second-order valence-electron chi connectivity index (χ2n) is 11.3. The molecule has 0 radical (unpaired) electrons. The molecule has 5 aromatic rings. The zero-order valence-corrected chi connectivity index (χ0v) is 27.4. The van der Waals surface area contributed by atoms with Crippen LogP contribution in [0.2, 0.25) is 0 Å². The quantitative estimate of drug-likeness (QED) is 0.108. The Balaban J connectivity index is 1.57. The second kappa shape index (κ2) is 15.8. The van der Waals surface area contributed by atoms with Gasteiger partial charge in [-0.2, -0.15) is 19.0 Å². The Morgan fingerprint density at radius 2 is 1.71 bits per heavy atom. The molecule has 2 aromatic heterocycles. The van der Waals surface area contributed by atoms with Crippen LogP contribution in [0.3, 0.4) is 0 Å². The van der Waals surface area contributed by atoms with Crippen molar-refractivity contribution >= 4 is 5.97 Å². The molecular weight excluding hydrogens is 634 g/mol. The molecule has 1 unspecified atom stereocenters. The predicted octanol–water partition coefficient (Wildman–Crippen LogP) is 8.15. The zero-order chi connectivity index (χ0) is 34.9. The standard InChI is InChI=1S/C37H34F2N4O6/c1-5-45-37(44)30(18-23(2)3)48-33-31(38)35(47-27-13-9-12-26(20-27)34-41-16-17-43(34)4)42-36(32(33)39)49-29-19-25(21-40)14-15-28(29)46-22-24-10-7-6-8-11-24/h6-17,19-20,23,30H,5,18,22H2,1-4H3. The van der Waals surface area contributed by atoms with Crippen LogP contribution in [0.4, 0.5) is 8.78 Å². The largest absolute Gasteiger partial charge is 0.485 e. The molecule has 0 fully saturated rings. The minimum absolute atomic E-state index is 0.0359. The lowest BCUT2D eigenvalue weighted by Crippen LogP contribution is -2.31. The molecule has 252 valence electrons. The lowest BCUT2D eigenvalue weighted by Gasteiger charge is -2.21. The van der Waals surface area contributed by atoms with Crippen molar-refractivity contribution in [3.05, 3.63) is 108 Å². The van der Waals surface area contributed by atoms with Crippen molar-refractivity contribution in [2.45, 2.75) is 39.9 Å². The fourth-order valence-electron chi connectivity index (χ4n) is 4.79. The number of ether oxygens (including phenoxy) is 5. The van der Waals surface area contributed by atoms with Crippen molar-refractivity contribution < 1.29 is 37.3 Å². The van der Waals surface area contributed by atoms with Crippen LogP contribution in [0.1, 0.15) is 38.3 Å². The van der Waals surface area contributed by atoms with Crippen molar-refractivity contribution in [2.75, 3.05) is 6.61 Å². The number of hydrogen-bond acceptors (Lipinski definition) is 9. The summed E-state index contributed by atoms with van der Waals surface area (Å²) in [7, 11) is 1.82. The number of pyridine rings is 1. The van der Waals surface area contributed by atoms with Gasteiger partial charge in [-0.3, -0.25) is 0 Å². The van der Waals surface area contributed by atoms with Gasteiger partial charge in [0.25, 0.3) is 11.8 Å². The van der Waals surface area contributed by atoms with Gasteiger partial charge >= 0.3 is 5.97 Å². The van der Waals surface area contributed by atoms with E-state index in [2.05, 4.69) is 9.97 Å². The van der Waals surface area contributed by atoms with Crippen LogP contribution in [0, 0.1) is 28.9 Å². The number of nitrogens with zero attached hydrogens (tertiary/aromatic N) is 4. The highest BCUT2D eigenvalue weighted by atomic mass is 19.1. The van der Waals surface area contributed by atoms with Crippen LogP contribution in [-0.2, 0) is 23.2 Å². The Hall–Kier alpha value is -5.96. The third kappa shape index (κ3) is 8.50. The molecule has 0 aliphatic carbocycles. The first kappa shape index (κ1) is 34.4. The number of halogens is 2. The molecule has 1 atom stereocenters. The third-order valence-electron chi connectivity index (χ3n) is 7.12. The zero-order valence-electron chi connectivity index (χ0n) is 27.4. The van der Waals surface area contributed by atoms with Gasteiger partial charge in [0.05, 0.1) is 18.2 Å². The summed E-state index contributed by atoms with van der Waals surface area (Å²) in [5, 5.41) is 9.57. The molecule has 49 heavy (non-hydrogen) atoms. The topological polar surface area (TPSA) is 118 Å². The Bertz CT molecular complexity index is 1960. The number of carbonyl (C=O) groups excluding carboxylic acids is 1. The minimum Gasteiger partial charge on any atom is -0.485 e. The van der Waals surface area contributed by atoms with Crippen molar-refractivity contribution in [1.29, 1.82) is 5.26 Å². The predicted molar refractivity (Wildman–Crippen MR) is 175 cm³/mol. The lowest BCUT2D eigenvalue weighted by molar-refractivity contribution is -0.152. The van der Waals surface area contributed by atoms with Gasteiger partial charge in [0.15, 0.2) is 17.6 Å². The van der Waals surface area contributed by atoms with E-state index in [0.717, 1.165) is 5.56 Å². The average molecular weight is 669 g/mol. The first-order chi connectivity index (χ1) is 23.7. The maximum atomic E-state index is 16.3. The van der Waals surface area contributed by atoms with Gasteiger partial charge in [-0.05, 0) is 49.1 Å². The summed E-state index contributed by atoms with van der Waals surface area (Å²) in [4.78, 5) is 21.2. The highest BCUT2D eigenvalue weighted by Crippen LogP contribution is 2.41. The number of imidazole rings is 1. The summed E-state index contributed by atoms with van der Waals surface area (Å²) in [6.07, 6.45) is 2.14. The van der Waals surface area contributed by atoms with Gasteiger partial charge in [0.2, 0.25) is 17.4 Å². The molecular formula is C37H34F2N4O6. The fraction of sp³-hybridized carbons (Fsp3) is 0.243. The van der Waals surface area contributed by atoms with Crippen LogP contribution in [-0.4, -0.2) is 33.2 Å². The van der Waals surface area contributed by atoms with E-state index in [0.29, 0.717) is 11.4 Å². The van der Waals surface area contributed by atoms with Gasteiger partial charge in [-0.1, -0.05) is 56.3 Å². The molecule has 0 spiro atoms. The lowest BCUT2D eigenvalue weighted by atomic mass is 10.1. The van der Waals surface area contributed by atoms with E-state index in [1.54, 1.807) is 48.1 Å². The molecule has 12 heteroatoms. The van der Waals surface area contributed by atoms with Gasteiger partial charge in [0.1, 0.15) is 18.2 Å². The summed E-state index contributed by atoms with van der Waals surface area (Å²) in [5.74, 6) is -5.10. The number of hydrogen-bond donors (Lipinski definition) is 0. The summed E-state index contributed by atoms with van der Waals surface area (Å²) < 4.78 is 62.8. The van der Waals surface area contributed by atoms with Crippen LogP contribution < -0.4 is 18.9 Å². The molecule has 0 amide bonds. The van der Waals surface area contributed by atoms with E-state index < -0.39 is 41.2 Å². The summed E-state index contributed by atoms with van der Waals surface area (Å²) >= 11 is 0. The van der Waals surface area contributed by atoms with Gasteiger partial charge in [0, 0.05) is 31.1 Å². The van der Waals surface area contributed by atoms with E-state index >= 15 is 8.78 Å². The van der Waals surface area contributed by atoms with Crippen LogP contribution in [0.25, 0.3) is 11.4 Å². The Labute approximate surface area is 282 Å². The summed E-state index contributed by atoms with van der Waals surface area (Å²) in [5.41, 5.74) is 1.69. The second-order valence-corrected chi connectivity index (χ2v) is 11.3. The number of aromatic nitrogens is 3. The van der Waals surface area contributed by atoms with Crippen LogP contribution in [0.5, 0.6) is 34.8 Å². The van der Waals surface area contributed by atoms with Crippen molar-refractivity contribution in [2.24, 2.45) is 13.0 Å². The van der Waals surface area contributed by atoms with Crippen LogP contribution in [0.15, 0.2) is 85.2 Å². The molecule has 10 nitrogen and oxygen atoms in total. The maximum absolute atomic E-state index is 16.3. The molecule has 0 aliphatic rings. The summed E-state index contributed by atoms with van der Waals surface area (Å²) in [6.45, 7) is 5.43. The summed E-state index contributed by atoms with van der Waals surface area (Å²) in [6, 6.07) is 22.3. The maximum Gasteiger partial charge on any atom is 0.347 e. The number of carbonyl (C=O) groups is 1. The van der Waals surface area contributed by atoms with Crippen LogP contribution >= 0.6 is 0 Å². The highest BCUT2D eigenvalue weighted by molar-refractivity contribution is 5.75. The number of aryl methyl sites for hydroxylation is 1. The van der Waals surface area contributed by atoms with Gasteiger partial charge < -0.3 is 28.3 Å². The number of rotatable bonds is 14. The first-order valence-electron chi connectivity index (χ1n) is 15.5. The molecule has 5 rings (SSSR count). The van der Waals surface area contributed by atoms with E-state index in [-0.39, 0.29) is 48.4 Å². The SMILES string of the molecule is CCOC(=O)C(CC(C)C)Oc1c(F)c(Oc2cccc(-c3nccn3C)c2)nc(Oc2cc(C#N)ccc2OCc2ccccc2)c1F. The van der Waals surface area contributed by atoms with E-state index in [1.165, 1.54) is 18.2 Å². The van der Waals surface area contributed by atoms with E-state index in [4.69, 9.17) is 23.7 Å². The van der Waals surface area contributed by atoms with E-state index in [9.17, 15) is 10.1 Å². The molecule has 0 bridgehead atoms. The van der Waals surface area contributed by atoms with Crippen molar-refractivity contribution in [3.8, 4) is 52.2 Å². The number of benzene rings is 3. The average Bonchev–Trinajstić information content (AvgIpc) is 3.53. The first-order valence-corrected chi connectivity index (χ1v) is 15.5. The molecule has 0 aliphatic heterocycles. The minimum atomic E-state index is -1.36. The Morgan fingerprint density at radius 3 is 2.39 bits per heavy atom. The Kier molecular flexibility index (Phi) is 11.1. The van der Waals surface area contributed by atoms with E-state index in [1.807, 2.05) is 57.3 Å². The molecule has 0 saturated heterocycles. The number of nitriles is 1. The normalized spacial score (nSPS) is 11.5. The Morgan fingerprint density at radius 1 is 0.959 bits per heavy atom. The molecule has 3 aromatic carbocycles. The van der Waals surface area contributed by atoms with Crippen molar-refractivity contribution in [1.82, 2.24) is 14.5 Å². The van der Waals surface area contributed by atoms with Gasteiger partial charge in [-0.25, -0.2) is 9.78 Å². The molecule has 0 saturated carbocycles. The smallest absolute Gasteiger partial charge is 0.347 e. The third-order valence-corrected chi connectivity index (χ3v) is 7.12. The van der Waals surface area contributed by atoms with Crippen molar-refractivity contribution in [3.63, 3.8) is 0 Å². The molecule has 2 heterocycles. The van der Waals surface area contributed by atoms with Gasteiger partial charge in [-0.15, -0.1) is 0 Å². The highest BCUT2D eigenvalue weighted by Gasteiger charge is 2.31. The number of esters is 1.